The molecule has 0 saturated carbocycles. The molecule has 12 heavy (non-hydrogen) atoms. The van der Waals surface area contributed by atoms with Crippen molar-refractivity contribution in [2.45, 2.75) is 44.3 Å². The van der Waals surface area contributed by atoms with Crippen molar-refractivity contribution >= 4 is 17.4 Å². The second-order valence-corrected chi connectivity index (χ2v) is 3.97. The van der Waals surface area contributed by atoms with E-state index in [9.17, 15) is 13.6 Å². The molecule has 2 unspecified atom stereocenters. The van der Waals surface area contributed by atoms with Gasteiger partial charge in [-0.15, -0.1) is 0 Å². The Bertz CT molecular complexity index is 147. The molecule has 0 aliphatic heterocycles. The van der Waals surface area contributed by atoms with Crippen LogP contribution in [0, 0.1) is 0 Å². The van der Waals surface area contributed by atoms with Gasteiger partial charge >= 0.3 is 0 Å². The van der Waals surface area contributed by atoms with Gasteiger partial charge in [0.15, 0.2) is 0 Å². The Morgan fingerprint density at radius 1 is 1.50 bits per heavy atom. The first-order valence-electron chi connectivity index (χ1n) is 4.24. The third kappa shape index (κ3) is 5.43. The fourth-order valence-electron chi connectivity index (χ4n) is 1.02. The van der Waals surface area contributed by atoms with Crippen LogP contribution in [0.2, 0.25) is 0 Å². The molecule has 0 spiro atoms. The molecule has 0 bridgehead atoms. The van der Waals surface area contributed by atoms with E-state index in [0.29, 0.717) is 12.7 Å². The third-order valence-corrected chi connectivity index (χ3v) is 2.73. The van der Waals surface area contributed by atoms with E-state index < -0.39 is 16.3 Å². The predicted molar refractivity (Wildman–Crippen MR) is 47.5 cm³/mol. The summed E-state index contributed by atoms with van der Waals surface area (Å²) < 4.78 is 21.0. The summed E-state index contributed by atoms with van der Waals surface area (Å²) in [5, 5.41) is -0.464. The maximum Gasteiger partial charge on any atom is 0.121 e. The number of unbranched alkanes of at least 4 members (excludes halogenated alkanes) is 2. The monoisotopic (exact) mass is 191 g/mol. The molecule has 72 valence electrons. The van der Waals surface area contributed by atoms with Gasteiger partial charge in [-0.2, -0.15) is 0 Å². The van der Waals surface area contributed by atoms with Crippen LogP contribution < -0.4 is 0 Å². The van der Waals surface area contributed by atoms with Crippen molar-refractivity contribution in [3.05, 3.63) is 0 Å². The van der Waals surface area contributed by atoms with Crippen LogP contribution in [-0.4, -0.2) is 20.3 Å². The highest BCUT2D eigenvalue weighted by Crippen LogP contribution is 2.09. The van der Waals surface area contributed by atoms with Crippen molar-refractivity contribution in [3.63, 3.8) is 0 Å². The van der Waals surface area contributed by atoms with Gasteiger partial charge in [-0.25, -0.2) is 0 Å². The molecule has 0 aliphatic rings. The van der Waals surface area contributed by atoms with Gasteiger partial charge in [0.2, 0.25) is 0 Å². The minimum absolute atomic E-state index is 0.139. The summed E-state index contributed by atoms with van der Waals surface area (Å²) in [5.74, 6) is 0. The Hall–Kier alpha value is -0.220. The lowest BCUT2D eigenvalue weighted by atomic mass is 10.1. The van der Waals surface area contributed by atoms with Gasteiger partial charge in [0.1, 0.15) is 6.29 Å². The normalized spacial score (nSPS) is 15.5. The van der Waals surface area contributed by atoms with Gasteiger partial charge in [0, 0.05) is 11.7 Å². The van der Waals surface area contributed by atoms with E-state index in [0.717, 1.165) is 19.3 Å². The molecule has 0 amide bonds. The van der Waals surface area contributed by atoms with Crippen molar-refractivity contribution in [2.24, 2.45) is 0 Å². The van der Waals surface area contributed by atoms with Crippen LogP contribution in [0.5, 0.6) is 0 Å². The summed E-state index contributed by atoms with van der Waals surface area (Å²) in [7, 11) is 0. The first-order chi connectivity index (χ1) is 5.72. The fourth-order valence-corrected chi connectivity index (χ4v) is 1.62. The van der Waals surface area contributed by atoms with E-state index in [1.54, 1.807) is 0 Å². The quantitative estimate of drug-likeness (QED) is 0.347. The number of hydrogen-bond donors (Lipinski definition) is 0. The first kappa shape index (κ1) is 11.8. The van der Waals surface area contributed by atoms with Crippen molar-refractivity contribution < 1.29 is 13.6 Å². The lowest BCUT2D eigenvalue weighted by molar-refractivity contribution is -0.107. The van der Waals surface area contributed by atoms with Gasteiger partial charge in [0.05, 0.1) is 0 Å². The van der Waals surface area contributed by atoms with Crippen LogP contribution in [0.15, 0.2) is 0 Å². The Labute approximate surface area is 75.8 Å². The summed E-state index contributed by atoms with van der Waals surface area (Å²) in [6.07, 6.45) is 4.42. The summed E-state index contributed by atoms with van der Waals surface area (Å²) >= 11 is -2.09. The lowest BCUT2D eigenvalue weighted by Crippen LogP contribution is -2.15. The number of rotatable bonds is 7. The van der Waals surface area contributed by atoms with Gasteiger partial charge in [-0.05, 0) is 6.42 Å². The molecule has 0 rings (SSSR count). The molecule has 4 heteroatoms. The molecule has 0 aromatic carbocycles. The van der Waals surface area contributed by atoms with E-state index in [1.807, 2.05) is 0 Å². The Morgan fingerprint density at radius 3 is 2.58 bits per heavy atom. The molecule has 0 aromatic rings. The standard InChI is InChI=1S/C8H16O3S/c1-2-3-4-5-8(6-7-9)12(10)11/h7-8H,2-6H2,1H3,(H,10,11)/p-1. The first-order valence-corrected chi connectivity index (χ1v) is 5.37. The van der Waals surface area contributed by atoms with Crippen molar-refractivity contribution in [3.8, 4) is 0 Å². The smallest absolute Gasteiger partial charge is 0.121 e. The average molecular weight is 191 g/mol. The Balaban J connectivity index is 3.63. The number of carbonyl (C=O) groups is 1. The summed E-state index contributed by atoms with van der Waals surface area (Å²) in [5.41, 5.74) is 0. The number of aldehydes is 1. The van der Waals surface area contributed by atoms with Crippen LogP contribution in [0.1, 0.15) is 39.0 Å². The summed E-state index contributed by atoms with van der Waals surface area (Å²) in [6.45, 7) is 2.06. The third-order valence-electron chi connectivity index (χ3n) is 1.76. The van der Waals surface area contributed by atoms with Crippen molar-refractivity contribution in [1.82, 2.24) is 0 Å². The van der Waals surface area contributed by atoms with Crippen LogP contribution in [0.3, 0.4) is 0 Å². The molecule has 0 aromatic heterocycles. The highest BCUT2D eigenvalue weighted by Gasteiger charge is 2.07. The molecule has 0 heterocycles. The maximum atomic E-state index is 10.5. The van der Waals surface area contributed by atoms with Gasteiger partial charge in [0.25, 0.3) is 0 Å². The second kappa shape index (κ2) is 7.43. The van der Waals surface area contributed by atoms with Crippen LogP contribution in [0.25, 0.3) is 0 Å². The summed E-state index contributed by atoms with van der Waals surface area (Å²) in [4.78, 5) is 10.1. The van der Waals surface area contributed by atoms with Gasteiger partial charge in [-0.1, -0.05) is 37.3 Å². The number of hydrogen-bond acceptors (Lipinski definition) is 3. The largest absolute Gasteiger partial charge is 0.772 e. The summed E-state index contributed by atoms with van der Waals surface area (Å²) in [6, 6.07) is 0. The van der Waals surface area contributed by atoms with Crippen molar-refractivity contribution in [2.75, 3.05) is 0 Å². The zero-order valence-corrected chi connectivity index (χ0v) is 8.14. The van der Waals surface area contributed by atoms with Crippen molar-refractivity contribution in [1.29, 1.82) is 0 Å². The molecule has 0 fully saturated rings. The molecule has 0 N–H and O–H groups in total. The van der Waals surface area contributed by atoms with E-state index in [1.165, 1.54) is 0 Å². The van der Waals surface area contributed by atoms with Gasteiger partial charge < -0.3 is 9.35 Å². The topological polar surface area (TPSA) is 57.2 Å². The molecular weight excluding hydrogens is 176 g/mol. The number of carbonyl (C=O) groups excluding carboxylic acids is 1. The van der Waals surface area contributed by atoms with Crippen LogP contribution >= 0.6 is 0 Å². The van der Waals surface area contributed by atoms with Crippen LogP contribution in [0.4, 0.5) is 0 Å². The Kier molecular flexibility index (Phi) is 7.29. The Morgan fingerprint density at radius 2 is 2.17 bits per heavy atom. The highest BCUT2D eigenvalue weighted by molar-refractivity contribution is 7.79. The van der Waals surface area contributed by atoms with E-state index in [4.69, 9.17) is 0 Å². The fraction of sp³-hybridized carbons (Fsp3) is 0.875. The van der Waals surface area contributed by atoms with Gasteiger partial charge in [-0.3, -0.25) is 4.21 Å². The van der Waals surface area contributed by atoms with E-state index >= 15 is 0 Å². The van der Waals surface area contributed by atoms with Crippen LogP contribution in [-0.2, 0) is 15.9 Å². The molecule has 0 saturated heterocycles. The van der Waals surface area contributed by atoms with E-state index in [-0.39, 0.29) is 6.42 Å². The average Bonchev–Trinajstić information content (AvgIpc) is 2.03. The predicted octanol–water partition coefficient (Wildman–Crippen LogP) is 1.40. The SMILES string of the molecule is CCCCCC(CC=O)S(=O)[O-]. The minimum atomic E-state index is -2.09. The molecule has 3 nitrogen and oxygen atoms in total. The molecule has 2 atom stereocenters. The highest BCUT2D eigenvalue weighted by atomic mass is 32.2. The maximum absolute atomic E-state index is 10.5. The van der Waals surface area contributed by atoms with E-state index in [2.05, 4.69) is 6.92 Å². The zero-order chi connectivity index (χ0) is 9.40. The molecule has 0 radical (unpaired) electrons. The lowest BCUT2D eigenvalue weighted by Gasteiger charge is -2.16. The zero-order valence-electron chi connectivity index (χ0n) is 7.32. The molecule has 0 aliphatic carbocycles. The second-order valence-electron chi connectivity index (χ2n) is 2.78. The molecular formula is C8H15O3S-. The minimum Gasteiger partial charge on any atom is -0.772 e.